The minimum Gasteiger partial charge on any atom is -0.394 e. The minimum absolute atomic E-state index is 0.0930. The van der Waals surface area contributed by atoms with Crippen molar-refractivity contribution in [2.75, 3.05) is 6.61 Å². The monoisotopic (exact) mass is 423 g/mol. The summed E-state index contributed by atoms with van der Waals surface area (Å²) in [4.78, 5) is 12.0. The number of allylic oxidation sites excluding steroid dienone is 3. The van der Waals surface area contributed by atoms with Crippen molar-refractivity contribution in [1.82, 2.24) is 5.32 Å². The van der Waals surface area contributed by atoms with E-state index in [0.29, 0.717) is 6.42 Å². The van der Waals surface area contributed by atoms with Gasteiger partial charge in [0.25, 0.3) is 0 Å². The van der Waals surface area contributed by atoms with Crippen LogP contribution in [-0.4, -0.2) is 34.9 Å². The lowest BCUT2D eigenvalue weighted by atomic mass is 10.1. The second-order valence-electron chi connectivity index (χ2n) is 8.44. The fraction of sp³-hybridized carbons (Fsp3) is 0.808. The molecule has 0 aromatic carbocycles. The third kappa shape index (κ3) is 18.9. The van der Waals surface area contributed by atoms with Crippen molar-refractivity contribution in [3.63, 3.8) is 0 Å². The van der Waals surface area contributed by atoms with Gasteiger partial charge in [0.1, 0.15) is 0 Å². The summed E-state index contributed by atoms with van der Waals surface area (Å²) in [6.45, 7) is 4.18. The van der Waals surface area contributed by atoms with Crippen molar-refractivity contribution in [3.8, 4) is 0 Å². The van der Waals surface area contributed by atoms with Gasteiger partial charge in [-0.2, -0.15) is 0 Å². The van der Waals surface area contributed by atoms with Crippen LogP contribution in [-0.2, 0) is 4.79 Å². The Morgan fingerprint density at radius 3 is 1.90 bits per heavy atom. The Bertz CT molecular complexity index is 434. The van der Waals surface area contributed by atoms with Gasteiger partial charge in [-0.25, -0.2) is 0 Å². The molecule has 0 spiro atoms. The smallest absolute Gasteiger partial charge is 0.220 e. The predicted octanol–water partition coefficient (Wildman–Crippen LogP) is 6.22. The van der Waals surface area contributed by atoms with Gasteiger partial charge in [-0.3, -0.25) is 4.79 Å². The van der Waals surface area contributed by atoms with E-state index in [1.54, 1.807) is 12.2 Å². The molecule has 0 bridgehead atoms. The number of carbonyl (C=O) groups is 1. The molecule has 0 rings (SSSR count). The summed E-state index contributed by atoms with van der Waals surface area (Å²) in [6.07, 6.45) is 25.4. The van der Waals surface area contributed by atoms with Crippen LogP contribution < -0.4 is 5.32 Å². The summed E-state index contributed by atoms with van der Waals surface area (Å²) >= 11 is 0. The molecule has 3 N–H and O–H groups in total. The molecule has 2 atom stereocenters. The number of nitrogens with one attached hydrogen (secondary N) is 1. The third-order valence-electron chi connectivity index (χ3n) is 5.49. The summed E-state index contributed by atoms with van der Waals surface area (Å²) in [5.41, 5.74) is 0. The van der Waals surface area contributed by atoms with E-state index in [1.165, 1.54) is 77.0 Å². The van der Waals surface area contributed by atoms with Crippen molar-refractivity contribution in [1.29, 1.82) is 0 Å². The number of hydrogen-bond donors (Lipinski definition) is 3. The van der Waals surface area contributed by atoms with E-state index in [1.807, 2.05) is 6.08 Å². The van der Waals surface area contributed by atoms with E-state index in [-0.39, 0.29) is 12.5 Å². The molecule has 0 aromatic heterocycles. The fourth-order valence-electron chi connectivity index (χ4n) is 3.47. The third-order valence-corrected chi connectivity index (χ3v) is 5.49. The SMILES string of the molecule is CCCCCCCCC/C=C/C=C/[C@@H](O)[C@H](CO)NC(=O)CCCCCCCCC. The molecule has 0 aliphatic carbocycles. The van der Waals surface area contributed by atoms with Crippen LogP contribution in [0.25, 0.3) is 0 Å². The van der Waals surface area contributed by atoms with Gasteiger partial charge in [0.15, 0.2) is 0 Å². The maximum atomic E-state index is 12.0. The van der Waals surface area contributed by atoms with E-state index in [2.05, 4.69) is 25.2 Å². The lowest BCUT2D eigenvalue weighted by Gasteiger charge is -2.19. The molecule has 30 heavy (non-hydrogen) atoms. The largest absolute Gasteiger partial charge is 0.394 e. The molecule has 0 heterocycles. The molecule has 0 aliphatic heterocycles. The molecular weight excluding hydrogens is 374 g/mol. The Labute approximate surface area is 186 Å². The van der Waals surface area contributed by atoms with Crippen molar-refractivity contribution in [3.05, 3.63) is 24.3 Å². The van der Waals surface area contributed by atoms with Crippen LogP contribution in [0.4, 0.5) is 0 Å². The van der Waals surface area contributed by atoms with E-state index in [0.717, 1.165) is 19.3 Å². The molecule has 0 unspecified atom stereocenters. The van der Waals surface area contributed by atoms with Crippen LogP contribution in [0.1, 0.15) is 117 Å². The van der Waals surface area contributed by atoms with Crippen LogP contribution in [0.5, 0.6) is 0 Å². The molecule has 0 saturated carbocycles. The number of aliphatic hydroxyl groups is 2. The van der Waals surface area contributed by atoms with E-state index in [9.17, 15) is 15.0 Å². The topological polar surface area (TPSA) is 69.6 Å². The van der Waals surface area contributed by atoms with Gasteiger partial charge in [-0.15, -0.1) is 0 Å². The first-order valence-electron chi connectivity index (χ1n) is 12.6. The van der Waals surface area contributed by atoms with Gasteiger partial charge < -0.3 is 15.5 Å². The van der Waals surface area contributed by atoms with E-state index >= 15 is 0 Å². The lowest BCUT2D eigenvalue weighted by molar-refractivity contribution is -0.123. The zero-order valence-corrected chi connectivity index (χ0v) is 19.8. The number of amides is 1. The maximum Gasteiger partial charge on any atom is 0.220 e. The number of unbranched alkanes of at least 4 members (excludes halogenated alkanes) is 13. The zero-order valence-electron chi connectivity index (χ0n) is 19.8. The number of rotatable bonds is 21. The van der Waals surface area contributed by atoms with Crippen LogP contribution in [0, 0.1) is 0 Å². The highest BCUT2D eigenvalue weighted by atomic mass is 16.3. The van der Waals surface area contributed by atoms with Crippen molar-refractivity contribution in [2.24, 2.45) is 0 Å². The summed E-state index contributed by atoms with van der Waals surface area (Å²) in [7, 11) is 0. The second-order valence-corrected chi connectivity index (χ2v) is 8.44. The van der Waals surface area contributed by atoms with Gasteiger partial charge >= 0.3 is 0 Å². The summed E-state index contributed by atoms with van der Waals surface area (Å²) in [5.74, 6) is -0.0930. The first kappa shape index (κ1) is 28.9. The normalized spacial score (nSPS) is 13.9. The standard InChI is InChI=1S/C26H49NO3/c1-3-5-7-9-11-12-13-14-16-17-19-21-25(29)24(23-28)27-26(30)22-20-18-15-10-8-6-4-2/h16-17,19,21,24-25,28-29H,3-15,18,20,22-23H2,1-2H3,(H,27,30)/b17-16+,21-19+/t24-,25+/m0/s1. The van der Waals surface area contributed by atoms with Gasteiger partial charge in [-0.1, -0.05) is 115 Å². The first-order valence-corrected chi connectivity index (χ1v) is 12.6. The average molecular weight is 424 g/mol. The molecule has 1 amide bonds. The Morgan fingerprint density at radius 1 is 0.800 bits per heavy atom. The predicted molar refractivity (Wildman–Crippen MR) is 129 cm³/mol. The molecule has 0 aromatic rings. The minimum atomic E-state index is -0.879. The molecule has 4 nitrogen and oxygen atoms in total. The highest BCUT2D eigenvalue weighted by Crippen LogP contribution is 2.10. The zero-order chi connectivity index (χ0) is 22.3. The quantitative estimate of drug-likeness (QED) is 0.152. The highest BCUT2D eigenvalue weighted by Gasteiger charge is 2.17. The van der Waals surface area contributed by atoms with Gasteiger partial charge in [0.05, 0.1) is 18.8 Å². The maximum absolute atomic E-state index is 12.0. The summed E-state index contributed by atoms with van der Waals surface area (Å²) in [6, 6.07) is -0.644. The van der Waals surface area contributed by atoms with Crippen LogP contribution in [0.15, 0.2) is 24.3 Å². The Balaban J connectivity index is 3.86. The molecule has 0 aliphatic rings. The lowest BCUT2D eigenvalue weighted by Crippen LogP contribution is -2.45. The molecule has 0 radical (unpaired) electrons. The van der Waals surface area contributed by atoms with Crippen molar-refractivity contribution in [2.45, 2.75) is 129 Å². The highest BCUT2D eigenvalue weighted by molar-refractivity contribution is 5.76. The number of hydrogen-bond acceptors (Lipinski definition) is 3. The fourth-order valence-corrected chi connectivity index (χ4v) is 3.47. The van der Waals surface area contributed by atoms with E-state index < -0.39 is 12.1 Å². The summed E-state index contributed by atoms with van der Waals surface area (Å²) < 4.78 is 0. The Kier molecular flexibility index (Phi) is 21.7. The average Bonchev–Trinajstić information content (AvgIpc) is 2.75. The van der Waals surface area contributed by atoms with Crippen LogP contribution in [0.3, 0.4) is 0 Å². The Hall–Kier alpha value is -1.13. The molecule has 4 heteroatoms. The Morgan fingerprint density at radius 2 is 1.33 bits per heavy atom. The summed E-state index contributed by atoms with van der Waals surface area (Å²) in [5, 5.41) is 22.4. The molecule has 0 saturated heterocycles. The molecule has 176 valence electrons. The number of carbonyl (C=O) groups excluding carboxylic acids is 1. The van der Waals surface area contributed by atoms with Crippen LogP contribution >= 0.6 is 0 Å². The van der Waals surface area contributed by atoms with Crippen molar-refractivity contribution < 1.29 is 15.0 Å². The first-order chi connectivity index (χ1) is 14.7. The van der Waals surface area contributed by atoms with Gasteiger partial charge in [0.2, 0.25) is 5.91 Å². The van der Waals surface area contributed by atoms with Crippen molar-refractivity contribution >= 4 is 5.91 Å². The molecule has 0 fully saturated rings. The van der Waals surface area contributed by atoms with E-state index in [4.69, 9.17) is 0 Å². The van der Waals surface area contributed by atoms with Crippen LogP contribution in [0.2, 0.25) is 0 Å². The second kappa shape index (κ2) is 22.6. The number of aliphatic hydroxyl groups excluding tert-OH is 2. The van der Waals surface area contributed by atoms with Gasteiger partial charge in [0, 0.05) is 6.42 Å². The van der Waals surface area contributed by atoms with Gasteiger partial charge in [-0.05, 0) is 19.3 Å². The molecular formula is C26H49NO3.